The van der Waals surface area contributed by atoms with E-state index in [1.165, 1.54) is 25.4 Å². The molecule has 1 N–H and O–H groups in total. The minimum Gasteiger partial charge on any atom is -0.494 e. The molecule has 0 spiro atoms. The molecule has 20 heavy (non-hydrogen) atoms. The summed E-state index contributed by atoms with van der Waals surface area (Å²) in [7, 11) is 1.44. The van der Waals surface area contributed by atoms with Crippen molar-refractivity contribution in [2.45, 2.75) is 0 Å². The number of nitro benzene ring substituents is 1. The molecule has 0 aliphatic rings. The average Bonchev–Trinajstić information content (AvgIpc) is 2.46. The van der Waals surface area contributed by atoms with Gasteiger partial charge >= 0.3 is 5.97 Å². The summed E-state index contributed by atoms with van der Waals surface area (Å²) in [6.45, 7) is 0. The molecule has 7 nitrogen and oxygen atoms in total. The summed E-state index contributed by atoms with van der Waals surface area (Å²) in [6.07, 6.45) is 1.50. The Morgan fingerprint density at radius 1 is 1.40 bits per heavy atom. The zero-order chi connectivity index (χ0) is 14.7. The molecule has 0 atom stereocenters. The van der Waals surface area contributed by atoms with Crippen LogP contribution in [0.5, 0.6) is 5.75 Å². The fraction of sp³-hybridized carbons (Fsp3) is 0.0769. The third-order valence-electron chi connectivity index (χ3n) is 2.64. The topological polar surface area (TPSA) is 103 Å². The van der Waals surface area contributed by atoms with Gasteiger partial charge in [-0.2, -0.15) is 0 Å². The van der Waals surface area contributed by atoms with Gasteiger partial charge in [-0.15, -0.1) is 0 Å². The van der Waals surface area contributed by atoms with E-state index in [1.807, 2.05) is 0 Å². The molecule has 0 radical (unpaired) electrons. The summed E-state index contributed by atoms with van der Waals surface area (Å²) in [5, 5.41) is 19.9. The summed E-state index contributed by atoms with van der Waals surface area (Å²) in [5.74, 6) is -0.839. The van der Waals surface area contributed by atoms with Crippen molar-refractivity contribution in [3.63, 3.8) is 0 Å². The van der Waals surface area contributed by atoms with E-state index in [0.29, 0.717) is 17.0 Å². The van der Waals surface area contributed by atoms with Gasteiger partial charge in [-0.25, -0.2) is 4.79 Å². The number of non-ortho nitro benzene ring substituents is 1. The van der Waals surface area contributed by atoms with Gasteiger partial charge in [-0.3, -0.25) is 15.1 Å². The van der Waals surface area contributed by atoms with Gasteiger partial charge in [0.05, 0.1) is 17.6 Å². The normalized spacial score (nSPS) is 10.1. The molecule has 0 unspecified atom stereocenters. The van der Waals surface area contributed by atoms with Crippen LogP contribution in [-0.2, 0) is 0 Å². The Hall–Kier alpha value is -2.96. The number of nitro groups is 1. The van der Waals surface area contributed by atoms with E-state index in [4.69, 9.17) is 9.84 Å². The SMILES string of the molecule is COc1cccnc1-c1cc(C(=O)O)cc([N+](=O)[O-])c1. The lowest BCUT2D eigenvalue weighted by Gasteiger charge is -2.07. The molecule has 0 saturated heterocycles. The fourth-order valence-corrected chi connectivity index (χ4v) is 1.75. The van der Waals surface area contributed by atoms with Crippen molar-refractivity contribution in [3.8, 4) is 17.0 Å². The summed E-state index contributed by atoms with van der Waals surface area (Å²) in [6, 6.07) is 6.87. The number of benzene rings is 1. The van der Waals surface area contributed by atoms with Crippen molar-refractivity contribution >= 4 is 11.7 Å². The lowest BCUT2D eigenvalue weighted by atomic mass is 10.1. The van der Waals surface area contributed by atoms with Crippen LogP contribution in [-0.4, -0.2) is 28.1 Å². The molecular formula is C13H10N2O5. The number of carbonyl (C=O) groups is 1. The van der Waals surface area contributed by atoms with E-state index in [2.05, 4.69) is 4.98 Å². The van der Waals surface area contributed by atoms with E-state index in [1.54, 1.807) is 12.1 Å². The molecular weight excluding hydrogens is 264 g/mol. The quantitative estimate of drug-likeness (QED) is 0.678. The fourth-order valence-electron chi connectivity index (χ4n) is 1.75. The van der Waals surface area contributed by atoms with Gasteiger partial charge in [0.2, 0.25) is 0 Å². The second kappa shape index (κ2) is 5.35. The number of aromatic nitrogens is 1. The summed E-state index contributed by atoms with van der Waals surface area (Å²) >= 11 is 0. The highest BCUT2D eigenvalue weighted by Crippen LogP contribution is 2.30. The molecule has 0 fully saturated rings. The minimum atomic E-state index is -1.25. The van der Waals surface area contributed by atoms with Crippen LogP contribution in [0, 0.1) is 10.1 Å². The van der Waals surface area contributed by atoms with Gasteiger partial charge in [0.1, 0.15) is 11.4 Å². The Morgan fingerprint density at radius 3 is 2.75 bits per heavy atom. The molecule has 1 aromatic carbocycles. The number of rotatable bonds is 4. The highest BCUT2D eigenvalue weighted by Gasteiger charge is 2.17. The van der Waals surface area contributed by atoms with Crippen molar-refractivity contribution in [2.24, 2.45) is 0 Å². The Morgan fingerprint density at radius 2 is 2.15 bits per heavy atom. The second-order valence-corrected chi connectivity index (χ2v) is 3.89. The lowest BCUT2D eigenvalue weighted by Crippen LogP contribution is -2.00. The van der Waals surface area contributed by atoms with Crippen molar-refractivity contribution in [1.82, 2.24) is 4.98 Å². The highest BCUT2D eigenvalue weighted by molar-refractivity contribution is 5.90. The first-order valence-corrected chi connectivity index (χ1v) is 5.55. The molecule has 7 heteroatoms. The highest BCUT2D eigenvalue weighted by atomic mass is 16.6. The van der Waals surface area contributed by atoms with Gasteiger partial charge in [0.25, 0.3) is 5.69 Å². The standard InChI is InChI=1S/C13H10N2O5/c1-20-11-3-2-4-14-12(11)8-5-9(13(16)17)7-10(6-8)15(18)19/h2-7H,1H3,(H,16,17). The second-order valence-electron chi connectivity index (χ2n) is 3.89. The van der Waals surface area contributed by atoms with Crippen LogP contribution >= 0.6 is 0 Å². The van der Waals surface area contributed by atoms with E-state index < -0.39 is 10.9 Å². The van der Waals surface area contributed by atoms with Gasteiger partial charge in [-0.05, 0) is 18.2 Å². The number of pyridine rings is 1. The number of hydrogen-bond acceptors (Lipinski definition) is 5. The van der Waals surface area contributed by atoms with E-state index >= 15 is 0 Å². The molecule has 0 saturated carbocycles. The van der Waals surface area contributed by atoms with Crippen molar-refractivity contribution in [2.75, 3.05) is 7.11 Å². The van der Waals surface area contributed by atoms with Crippen LogP contribution < -0.4 is 4.74 Å². The zero-order valence-corrected chi connectivity index (χ0v) is 10.4. The zero-order valence-electron chi connectivity index (χ0n) is 10.4. The monoisotopic (exact) mass is 274 g/mol. The lowest BCUT2D eigenvalue weighted by molar-refractivity contribution is -0.384. The Labute approximate surface area is 113 Å². The van der Waals surface area contributed by atoms with Crippen LogP contribution in [0.15, 0.2) is 36.5 Å². The van der Waals surface area contributed by atoms with Gasteiger partial charge < -0.3 is 9.84 Å². The number of hydrogen-bond donors (Lipinski definition) is 1. The molecule has 102 valence electrons. The first-order chi connectivity index (χ1) is 9.52. The number of carboxylic acid groups (broad SMARTS) is 1. The first kappa shape index (κ1) is 13.5. The number of nitrogens with zero attached hydrogens (tertiary/aromatic N) is 2. The summed E-state index contributed by atoms with van der Waals surface area (Å²) in [5.41, 5.74) is 0.171. The number of methoxy groups -OCH3 is 1. The number of aromatic carboxylic acids is 1. The Kier molecular flexibility index (Phi) is 3.60. The summed E-state index contributed by atoms with van der Waals surface area (Å²) < 4.78 is 5.12. The summed E-state index contributed by atoms with van der Waals surface area (Å²) in [4.78, 5) is 25.3. The molecule has 1 aromatic heterocycles. The minimum absolute atomic E-state index is 0.179. The smallest absolute Gasteiger partial charge is 0.335 e. The Bertz CT molecular complexity index is 652. The first-order valence-electron chi connectivity index (χ1n) is 5.55. The van der Waals surface area contributed by atoms with Gasteiger partial charge in [0, 0.05) is 23.9 Å². The maximum atomic E-state index is 11.0. The molecule has 0 aliphatic carbocycles. The number of ether oxygens (including phenoxy) is 1. The van der Waals surface area contributed by atoms with Crippen molar-refractivity contribution in [1.29, 1.82) is 0 Å². The maximum Gasteiger partial charge on any atom is 0.335 e. The van der Waals surface area contributed by atoms with Crippen LogP contribution in [0.25, 0.3) is 11.3 Å². The van der Waals surface area contributed by atoms with Gasteiger partial charge in [-0.1, -0.05) is 0 Å². The molecule has 1 heterocycles. The predicted octanol–water partition coefficient (Wildman–Crippen LogP) is 2.36. The van der Waals surface area contributed by atoms with E-state index in [9.17, 15) is 14.9 Å². The van der Waals surface area contributed by atoms with Gasteiger partial charge in [0.15, 0.2) is 0 Å². The third-order valence-corrected chi connectivity index (χ3v) is 2.64. The maximum absolute atomic E-state index is 11.0. The van der Waals surface area contributed by atoms with Crippen LogP contribution in [0.2, 0.25) is 0 Å². The van der Waals surface area contributed by atoms with Crippen molar-refractivity contribution in [3.05, 3.63) is 52.2 Å². The Balaban J connectivity index is 2.67. The van der Waals surface area contributed by atoms with Crippen LogP contribution in [0.4, 0.5) is 5.69 Å². The van der Waals surface area contributed by atoms with Crippen LogP contribution in [0.1, 0.15) is 10.4 Å². The van der Waals surface area contributed by atoms with E-state index in [-0.39, 0.29) is 11.3 Å². The molecule has 2 aromatic rings. The van der Waals surface area contributed by atoms with Crippen molar-refractivity contribution < 1.29 is 19.6 Å². The molecule has 0 bridgehead atoms. The van der Waals surface area contributed by atoms with Crippen LogP contribution in [0.3, 0.4) is 0 Å². The molecule has 0 amide bonds. The average molecular weight is 274 g/mol. The third kappa shape index (κ3) is 2.56. The largest absolute Gasteiger partial charge is 0.494 e. The predicted molar refractivity (Wildman–Crippen MR) is 69.8 cm³/mol. The molecule has 2 rings (SSSR count). The molecule has 0 aliphatic heterocycles. The number of carboxylic acids is 1. The van der Waals surface area contributed by atoms with E-state index in [0.717, 1.165) is 6.07 Å².